The summed E-state index contributed by atoms with van der Waals surface area (Å²) in [5.41, 5.74) is 2.90. The summed E-state index contributed by atoms with van der Waals surface area (Å²) in [6.07, 6.45) is 3.08. The van der Waals surface area contributed by atoms with E-state index in [1.54, 1.807) is 21.9 Å². The van der Waals surface area contributed by atoms with E-state index in [1.807, 2.05) is 18.2 Å². The van der Waals surface area contributed by atoms with Crippen molar-refractivity contribution in [2.75, 3.05) is 13.1 Å². The lowest BCUT2D eigenvalue weighted by Crippen LogP contribution is -2.49. The van der Waals surface area contributed by atoms with Gasteiger partial charge in [-0.15, -0.1) is 0 Å². The number of nitrogens with zero attached hydrogens (tertiary/aromatic N) is 2. The van der Waals surface area contributed by atoms with E-state index in [0.29, 0.717) is 48.5 Å². The van der Waals surface area contributed by atoms with Crippen molar-refractivity contribution in [1.82, 2.24) is 9.80 Å². The fourth-order valence-electron chi connectivity index (χ4n) is 5.86. The predicted molar refractivity (Wildman–Crippen MR) is 126 cm³/mol. The zero-order valence-corrected chi connectivity index (χ0v) is 19.5. The number of aliphatic carboxylic acids is 1. The summed E-state index contributed by atoms with van der Waals surface area (Å²) in [5, 5.41) is 21.1. The third kappa shape index (κ3) is 3.82. The number of aromatic hydroxyl groups is 1. The molecule has 1 fully saturated rings. The minimum absolute atomic E-state index is 0.0319. The molecule has 0 spiro atoms. The zero-order valence-electron chi connectivity index (χ0n) is 18.7. The molecule has 5 rings (SSSR count). The molecule has 3 aliphatic rings. The van der Waals surface area contributed by atoms with Gasteiger partial charge in [-0.3, -0.25) is 14.4 Å². The first-order valence-electron chi connectivity index (χ1n) is 11.8. The summed E-state index contributed by atoms with van der Waals surface area (Å²) in [6, 6.07) is 9.98. The van der Waals surface area contributed by atoms with Crippen LogP contribution >= 0.6 is 11.6 Å². The average Bonchev–Trinajstić information content (AvgIpc) is 3.16. The summed E-state index contributed by atoms with van der Waals surface area (Å²) < 4.78 is 0. The molecule has 178 valence electrons. The number of halogens is 1. The Labute approximate surface area is 202 Å². The van der Waals surface area contributed by atoms with E-state index in [2.05, 4.69) is 0 Å². The van der Waals surface area contributed by atoms with Crippen LogP contribution in [0.4, 0.5) is 0 Å². The topological polar surface area (TPSA) is 98.2 Å². The van der Waals surface area contributed by atoms with E-state index in [-0.39, 0.29) is 24.1 Å². The molecule has 2 N–H and O–H groups in total. The summed E-state index contributed by atoms with van der Waals surface area (Å²) in [4.78, 5) is 42.2. The van der Waals surface area contributed by atoms with Crippen molar-refractivity contribution >= 4 is 29.4 Å². The second-order valence-electron chi connectivity index (χ2n) is 9.43. The van der Waals surface area contributed by atoms with Crippen molar-refractivity contribution < 1.29 is 24.6 Å². The molecule has 1 aliphatic carbocycles. The molecule has 8 heteroatoms. The Morgan fingerprint density at radius 3 is 2.53 bits per heavy atom. The molecule has 0 unspecified atom stereocenters. The first kappa shape index (κ1) is 22.7. The van der Waals surface area contributed by atoms with E-state index >= 15 is 0 Å². The van der Waals surface area contributed by atoms with Crippen molar-refractivity contribution in [2.24, 2.45) is 11.8 Å². The molecule has 2 aromatic carbocycles. The molecule has 2 aliphatic heterocycles. The molecule has 3 atom stereocenters. The maximum absolute atomic E-state index is 13.8. The number of fused-ring (bicyclic) bond motifs is 2. The molecule has 34 heavy (non-hydrogen) atoms. The number of carbonyl (C=O) groups is 3. The van der Waals surface area contributed by atoms with Gasteiger partial charge in [0.05, 0.1) is 17.9 Å². The number of hydrogen-bond donors (Lipinski definition) is 2. The van der Waals surface area contributed by atoms with Crippen molar-refractivity contribution in [1.29, 1.82) is 0 Å². The second kappa shape index (κ2) is 8.95. The number of benzene rings is 2. The number of rotatable bonds is 4. The smallest absolute Gasteiger partial charge is 0.307 e. The Bertz CT molecular complexity index is 1170. The fourth-order valence-corrected chi connectivity index (χ4v) is 6.11. The normalized spacial score (nSPS) is 24.0. The van der Waals surface area contributed by atoms with Gasteiger partial charge in [0.1, 0.15) is 5.75 Å². The highest BCUT2D eigenvalue weighted by atomic mass is 35.5. The van der Waals surface area contributed by atoms with Crippen LogP contribution in [0.25, 0.3) is 0 Å². The van der Waals surface area contributed by atoms with E-state index in [1.165, 1.54) is 6.07 Å². The fraction of sp³-hybridized carbons (Fsp3) is 0.423. The molecular weight excluding hydrogens is 456 g/mol. The average molecular weight is 483 g/mol. The van der Waals surface area contributed by atoms with Gasteiger partial charge in [0, 0.05) is 35.8 Å². The van der Waals surface area contributed by atoms with Crippen LogP contribution < -0.4 is 0 Å². The van der Waals surface area contributed by atoms with Crippen LogP contribution in [-0.2, 0) is 22.6 Å². The van der Waals surface area contributed by atoms with Crippen LogP contribution in [0.5, 0.6) is 5.75 Å². The number of phenols is 1. The van der Waals surface area contributed by atoms with Gasteiger partial charge in [0.2, 0.25) is 5.91 Å². The third-order valence-corrected chi connectivity index (χ3v) is 7.92. The first-order chi connectivity index (χ1) is 16.4. The molecular formula is C26H27ClN2O5. The van der Waals surface area contributed by atoms with Crippen LogP contribution in [0.2, 0.25) is 5.02 Å². The second-order valence-corrected chi connectivity index (χ2v) is 9.84. The van der Waals surface area contributed by atoms with Crippen molar-refractivity contribution in [3.63, 3.8) is 0 Å². The lowest BCUT2D eigenvalue weighted by atomic mass is 9.77. The molecule has 0 aromatic heterocycles. The Hall–Kier alpha value is -3.06. The molecule has 0 radical (unpaired) electrons. The lowest BCUT2D eigenvalue weighted by molar-refractivity contribution is -0.153. The molecule has 0 saturated heterocycles. The third-order valence-electron chi connectivity index (χ3n) is 7.56. The predicted octanol–water partition coefficient (Wildman–Crippen LogP) is 4.02. The molecule has 1 saturated carbocycles. The quantitative estimate of drug-likeness (QED) is 0.686. The Morgan fingerprint density at radius 1 is 1.06 bits per heavy atom. The number of carboxylic acids is 1. The van der Waals surface area contributed by atoms with Crippen LogP contribution in [0, 0.1) is 11.8 Å². The van der Waals surface area contributed by atoms with Gasteiger partial charge in [-0.2, -0.15) is 0 Å². The van der Waals surface area contributed by atoms with E-state index in [0.717, 1.165) is 24.0 Å². The van der Waals surface area contributed by atoms with Crippen LogP contribution in [0.15, 0.2) is 36.4 Å². The minimum atomic E-state index is -0.942. The molecule has 7 nitrogen and oxygen atoms in total. The lowest BCUT2D eigenvalue weighted by Gasteiger charge is -2.42. The largest absolute Gasteiger partial charge is 0.508 e. The first-order valence-corrected chi connectivity index (χ1v) is 12.1. The molecule has 2 amide bonds. The summed E-state index contributed by atoms with van der Waals surface area (Å²) in [6.45, 7) is 0.980. The van der Waals surface area contributed by atoms with Crippen LogP contribution in [0.3, 0.4) is 0 Å². The monoisotopic (exact) mass is 482 g/mol. The summed E-state index contributed by atoms with van der Waals surface area (Å²) in [7, 11) is 0. The highest BCUT2D eigenvalue weighted by Crippen LogP contribution is 2.43. The maximum Gasteiger partial charge on any atom is 0.307 e. The van der Waals surface area contributed by atoms with E-state index in [4.69, 9.17) is 11.6 Å². The Kier molecular flexibility index (Phi) is 5.98. The molecule has 2 heterocycles. The number of carbonyl (C=O) groups excluding carboxylic acids is 2. The van der Waals surface area contributed by atoms with Crippen LogP contribution in [0.1, 0.15) is 58.8 Å². The van der Waals surface area contributed by atoms with Gasteiger partial charge >= 0.3 is 5.97 Å². The Balaban J connectivity index is 1.51. The number of hydrogen-bond acceptors (Lipinski definition) is 4. The Morgan fingerprint density at radius 2 is 1.79 bits per heavy atom. The van der Waals surface area contributed by atoms with Gasteiger partial charge in [-0.1, -0.05) is 42.6 Å². The molecule has 2 aromatic rings. The number of phenolic OH excluding ortho intramolecular Hbond substituents is 1. The van der Waals surface area contributed by atoms with Crippen LogP contribution in [-0.4, -0.2) is 50.9 Å². The maximum atomic E-state index is 13.8. The highest BCUT2D eigenvalue weighted by Gasteiger charge is 2.43. The SMILES string of the molecule is O=C(O)[C@H]1CCCC[C@H]1C(=O)N1CCc2c(Cl)ccc(O)c2[C@H]1CN1Cc2ccccc2C1=O. The summed E-state index contributed by atoms with van der Waals surface area (Å²) in [5.74, 6) is -2.56. The van der Waals surface area contributed by atoms with E-state index < -0.39 is 23.8 Å². The number of carboxylic acid groups (broad SMARTS) is 1. The van der Waals surface area contributed by atoms with E-state index in [9.17, 15) is 24.6 Å². The van der Waals surface area contributed by atoms with Gasteiger partial charge < -0.3 is 20.0 Å². The minimum Gasteiger partial charge on any atom is -0.508 e. The number of amides is 2. The standard InChI is InChI=1S/C26H27ClN2O5/c27-20-9-10-22(30)23-19(20)11-12-29(25(32)17-7-3-4-8-18(17)26(33)34)21(23)14-28-13-15-5-1-2-6-16(15)24(28)31/h1-2,5-6,9-10,17-18,21,30H,3-4,7-8,11-14H2,(H,33,34)/t17-,18+,21-/m1/s1. The van der Waals surface area contributed by atoms with Gasteiger partial charge in [0.25, 0.3) is 5.91 Å². The van der Waals surface area contributed by atoms with Gasteiger partial charge in [-0.05, 0) is 48.6 Å². The van der Waals surface area contributed by atoms with Crippen molar-refractivity contribution in [3.8, 4) is 5.75 Å². The summed E-state index contributed by atoms with van der Waals surface area (Å²) >= 11 is 6.47. The zero-order chi connectivity index (χ0) is 24.0. The van der Waals surface area contributed by atoms with Crippen molar-refractivity contribution in [3.05, 3.63) is 63.7 Å². The highest BCUT2D eigenvalue weighted by molar-refractivity contribution is 6.31. The van der Waals surface area contributed by atoms with Gasteiger partial charge in [-0.25, -0.2) is 0 Å². The van der Waals surface area contributed by atoms with Gasteiger partial charge in [0.15, 0.2) is 0 Å². The molecule has 0 bridgehead atoms. The van der Waals surface area contributed by atoms with Crippen molar-refractivity contribution in [2.45, 2.75) is 44.7 Å².